The summed E-state index contributed by atoms with van der Waals surface area (Å²) in [4.78, 5) is 15.3. The van der Waals surface area contributed by atoms with E-state index < -0.39 is 0 Å². The molecule has 6 heteroatoms. The second kappa shape index (κ2) is 7.76. The number of hydrogen-bond acceptors (Lipinski definition) is 4. The number of hydrogen-bond donors (Lipinski definition) is 1. The fourth-order valence-electron chi connectivity index (χ4n) is 4.92. The molecule has 4 rings (SSSR count). The molecule has 1 spiro atoms. The minimum atomic E-state index is -0.0974. The zero-order valence-electron chi connectivity index (χ0n) is 16.4. The first-order chi connectivity index (χ1) is 13.6. The van der Waals surface area contributed by atoms with E-state index in [0.717, 1.165) is 38.9 Å². The molecule has 2 heterocycles. The predicted octanol–water partition coefficient (Wildman–Crippen LogP) is 2.47. The number of nitrogens with zero attached hydrogens (tertiary/aromatic N) is 4. The number of rotatable bonds is 5. The predicted molar refractivity (Wildman–Crippen MR) is 106 cm³/mol. The molecule has 0 bridgehead atoms. The summed E-state index contributed by atoms with van der Waals surface area (Å²) >= 11 is 0. The van der Waals surface area contributed by atoms with E-state index in [1.807, 2.05) is 24.0 Å². The molecule has 1 N–H and O–H groups in total. The fourth-order valence-corrected chi connectivity index (χ4v) is 4.92. The average Bonchev–Trinajstić information content (AvgIpc) is 3.26. The maximum absolute atomic E-state index is 12.8. The Morgan fingerprint density at radius 3 is 2.86 bits per heavy atom. The van der Waals surface area contributed by atoms with Gasteiger partial charge in [0.15, 0.2) is 0 Å². The van der Waals surface area contributed by atoms with Crippen molar-refractivity contribution in [3.8, 4) is 6.07 Å². The monoisotopic (exact) mass is 377 g/mol. The van der Waals surface area contributed by atoms with E-state index >= 15 is 0 Å². The normalized spacial score (nSPS) is 20.6. The van der Waals surface area contributed by atoms with Gasteiger partial charge >= 0.3 is 0 Å². The zero-order chi connectivity index (χ0) is 19.6. The first-order valence-electron chi connectivity index (χ1n) is 10.1. The van der Waals surface area contributed by atoms with Crippen LogP contribution >= 0.6 is 0 Å². The summed E-state index contributed by atoms with van der Waals surface area (Å²) in [6, 6.07) is 10.5. The maximum atomic E-state index is 12.8. The van der Waals surface area contributed by atoms with Gasteiger partial charge in [-0.2, -0.15) is 10.4 Å². The Labute approximate surface area is 166 Å². The molecule has 1 aromatic heterocycles. The highest BCUT2D eigenvalue weighted by Gasteiger charge is 2.47. The average molecular weight is 377 g/mol. The van der Waals surface area contributed by atoms with Crippen LogP contribution in [0.25, 0.3) is 0 Å². The standard InChI is InChI=1S/C22H27N5O/c1-26-15-17(14-25-26)16-27-11-7-22(8-12-27)13-19(21(28)24-10-4-9-23)18-5-2-3-6-20(18)22/h2-3,5-6,14-15,19H,4,7-8,10-13,16H2,1H3,(H,24,28)/t19-/m0/s1. The molecule has 1 atom stereocenters. The lowest BCUT2D eigenvalue weighted by Crippen LogP contribution is -2.41. The minimum Gasteiger partial charge on any atom is -0.355 e. The number of amides is 1. The van der Waals surface area contributed by atoms with Crippen molar-refractivity contribution in [2.75, 3.05) is 19.6 Å². The van der Waals surface area contributed by atoms with Crippen LogP contribution in [0, 0.1) is 11.3 Å². The lowest BCUT2D eigenvalue weighted by atomic mass is 9.73. The summed E-state index contributed by atoms with van der Waals surface area (Å²) in [7, 11) is 1.95. The largest absolute Gasteiger partial charge is 0.355 e. The number of aryl methyl sites for hydroxylation is 1. The Balaban J connectivity index is 1.46. The van der Waals surface area contributed by atoms with Gasteiger partial charge in [0.05, 0.1) is 24.6 Å². The Morgan fingerprint density at radius 1 is 1.36 bits per heavy atom. The Hall–Kier alpha value is -2.65. The van der Waals surface area contributed by atoms with Crippen molar-refractivity contribution in [2.45, 2.75) is 43.6 Å². The number of fused-ring (bicyclic) bond motifs is 2. The van der Waals surface area contributed by atoms with Crippen molar-refractivity contribution in [1.82, 2.24) is 20.0 Å². The number of likely N-dealkylation sites (tertiary alicyclic amines) is 1. The summed E-state index contributed by atoms with van der Waals surface area (Å²) in [6.45, 7) is 3.43. The van der Waals surface area contributed by atoms with Gasteiger partial charge in [-0.25, -0.2) is 0 Å². The quantitative estimate of drug-likeness (QED) is 0.813. The second-order valence-corrected chi connectivity index (χ2v) is 8.12. The first-order valence-corrected chi connectivity index (χ1v) is 10.1. The van der Waals surface area contributed by atoms with E-state index in [1.165, 1.54) is 16.7 Å². The van der Waals surface area contributed by atoms with E-state index in [2.05, 4.69) is 45.8 Å². The van der Waals surface area contributed by atoms with Gasteiger partial charge in [0, 0.05) is 31.9 Å². The fraction of sp³-hybridized carbons (Fsp3) is 0.500. The van der Waals surface area contributed by atoms with Gasteiger partial charge in [-0.1, -0.05) is 24.3 Å². The molecule has 2 aliphatic rings. The third-order valence-corrected chi connectivity index (χ3v) is 6.33. The second-order valence-electron chi connectivity index (χ2n) is 8.12. The molecule has 2 aromatic rings. The van der Waals surface area contributed by atoms with Crippen molar-refractivity contribution in [3.63, 3.8) is 0 Å². The molecule has 1 fully saturated rings. The number of carbonyl (C=O) groups is 1. The van der Waals surface area contributed by atoms with Crippen molar-refractivity contribution >= 4 is 5.91 Å². The van der Waals surface area contributed by atoms with Crippen molar-refractivity contribution in [2.24, 2.45) is 7.05 Å². The minimum absolute atomic E-state index is 0.0670. The third kappa shape index (κ3) is 3.55. The Morgan fingerprint density at radius 2 is 2.14 bits per heavy atom. The van der Waals surface area contributed by atoms with Gasteiger partial charge in [-0.05, 0) is 48.9 Å². The van der Waals surface area contributed by atoms with Gasteiger partial charge in [0.2, 0.25) is 5.91 Å². The van der Waals surface area contributed by atoms with Gasteiger partial charge in [0.1, 0.15) is 0 Å². The highest BCUT2D eigenvalue weighted by atomic mass is 16.1. The number of carbonyl (C=O) groups excluding carboxylic acids is 1. The summed E-state index contributed by atoms with van der Waals surface area (Å²) in [5.41, 5.74) is 3.88. The van der Waals surface area contributed by atoms with E-state index in [-0.39, 0.29) is 17.2 Å². The van der Waals surface area contributed by atoms with Crippen LogP contribution < -0.4 is 5.32 Å². The number of piperidine rings is 1. The van der Waals surface area contributed by atoms with Crippen LogP contribution in [0.4, 0.5) is 0 Å². The number of aromatic nitrogens is 2. The smallest absolute Gasteiger partial charge is 0.227 e. The third-order valence-electron chi connectivity index (χ3n) is 6.33. The molecule has 0 unspecified atom stereocenters. The topological polar surface area (TPSA) is 74.0 Å². The van der Waals surface area contributed by atoms with Crippen LogP contribution in [-0.2, 0) is 23.8 Å². The molecular weight excluding hydrogens is 350 g/mol. The summed E-state index contributed by atoms with van der Waals surface area (Å²) < 4.78 is 1.85. The van der Waals surface area contributed by atoms with Crippen LogP contribution in [0.1, 0.15) is 48.3 Å². The zero-order valence-corrected chi connectivity index (χ0v) is 16.4. The van der Waals surface area contributed by atoms with Gasteiger partial charge in [-0.3, -0.25) is 14.4 Å². The van der Waals surface area contributed by atoms with E-state index in [4.69, 9.17) is 5.26 Å². The molecule has 1 aromatic carbocycles. The molecule has 1 aliphatic carbocycles. The van der Waals surface area contributed by atoms with E-state index in [1.54, 1.807) is 0 Å². The number of nitrogens with one attached hydrogen (secondary N) is 1. The van der Waals surface area contributed by atoms with Gasteiger partial charge in [-0.15, -0.1) is 0 Å². The molecule has 1 saturated heterocycles. The van der Waals surface area contributed by atoms with Crippen LogP contribution in [0.2, 0.25) is 0 Å². The molecule has 1 amide bonds. The molecule has 6 nitrogen and oxygen atoms in total. The van der Waals surface area contributed by atoms with E-state index in [0.29, 0.717) is 13.0 Å². The van der Waals surface area contributed by atoms with Crippen molar-refractivity contribution in [3.05, 3.63) is 53.3 Å². The first kappa shape index (κ1) is 18.7. The van der Waals surface area contributed by atoms with Crippen molar-refractivity contribution in [1.29, 1.82) is 5.26 Å². The summed E-state index contributed by atoms with van der Waals surface area (Å²) in [5, 5.41) is 15.9. The van der Waals surface area contributed by atoms with Crippen LogP contribution in [-0.4, -0.2) is 40.2 Å². The number of benzene rings is 1. The summed E-state index contributed by atoms with van der Waals surface area (Å²) in [5.74, 6) is -0.0304. The van der Waals surface area contributed by atoms with Crippen LogP contribution in [0.3, 0.4) is 0 Å². The molecule has 0 radical (unpaired) electrons. The molecular formula is C22H27N5O. The Bertz CT molecular complexity index is 888. The lowest BCUT2D eigenvalue weighted by molar-refractivity contribution is -0.122. The lowest BCUT2D eigenvalue weighted by Gasteiger charge is -2.40. The van der Waals surface area contributed by atoms with Crippen LogP contribution in [0.5, 0.6) is 0 Å². The molecule has 146 valence electrons. The Kier molecular flexibility index (Phi) is 5.19. The highest BCUT2D eigenvalue weighted by Crippen LogP contribution is 2.51. The molecule has 28 heavy (non-hydrogen) atoms. The maximum Gasteiger partial charge on any atom is 0.227 e. The van der Waals surface area contributed by atoms with Gasteiger partial charge in [0.25, 0.3) is 0 Å². The van der Waals surface area contributed by atoms with Crippen LogP contribution in [0.15, 0.2) is 36.7 Å². The highest BCUT2D eigenvalue weighted by molar-refractivity contribution is 5.85. The van der Waals surface area contributed by atoms with Crippen molar-refractivity contribution < 1.29 is 4.79 Å². The van der Waals surface area contributed by atoms with E-state index in [9.17, 15) is 4.79 Å². The SMILES string of the molecule is Cn1cc(CN2CCC3(CC2)C[C@H](C(=O)NCCC#N)c2ccccc23)cn1. The number of nitriles is 1. The van der Waals surface area contributed by atoms with Gasteiger partial charge < -0.3 is 5.32 Å². The molecule has 1 aliphatic heterocycles. The summed E-state index contributed by atoms with van der Waals surface area (Å²) in [6.07, 6.45) is 7.41. The molecule has 0 saturated carbocycles.